The predicted octanol–water partition coefficient (Wildman–Crippen LogP) is 3.69. The van der Waals surface area contributed by atoms with E-state index in [9.17, 15) is 4.79 Å². The van der Waals surface area contributed by atoms with E-state index in [2.05, 4.69) is 17.4 Å². The summed E-state index contributed by atoms with van der Waals surface area (Å²) < 4.78 is 10.8. The van der Waals surface area contributed by atoms with Crippen molar-refractivity contribution in [3.05, 3.63) is 29.8 Å². The van der Waals surface area contributed by atoms with Crippen molar-refractivity contribution in [2.24, 2.45) is 5.92 Å². The van der Waals surface area contributed by atoms with Gasteiger partial charge in [-0.1, -0.05) is 18.6 Å². The summed E-state index contributed by atoms with van der Waals surface area (Å²) in [5.74, 6) is 1.52. The first-order valence-electron chi connectivity index (χ1n) is 8.61. The molecule has 0 bridgehead atoms. The van der Waals surface area contributed by atoms with Crippen molar-refractivity contribution in [3.63, 3.8) is 0 Å². The van der Waals surface area contributed by atoms with Crippen molar-refractivity contribution < 1.29 is 14.3 Å². The van der Waals surface area contributed by atoms with E-state index in [4.69, 9.17) is 9.47 Å². The molecule has 0 aliphatic heterocycles. The number of hydrogen-bond acceptors (Lipinski definition) is 4. The summed E-state index contributed by atoms with van der Waals surface area (Å²) in [5, 5.41) is 3.41. The van der Waals surface area contributed by atoms with Gasteiger partial charge in [0.25, 0.3) is 0 Å². The van der Waals surface area contributed by atoms with Gasteiger partial charge in [-0.05, 0) is 57.2 Å². The molecule has 0 radical (unpaired) electrons. The van der Waals surface area contributed by atoms with Crippen LogP contribution in [0.5, 0.6) is 5.75 Å². The number of ether oxygens (including phenoxy) is 2. The van der Waals surface area contributed by atoms with Crippen LogP contribution in [-0.2, 0) is 16.1 Å². The summed E-state index contributed by atoms with van der Waals surface area (Å²) in [6.45, 7) is 7.84. The van der Waals surface area contributed by atoms with E-state index in [-0.39, 0.29) is 11.5 Å². The first-order chi connectivity index (χ1) is 11.0. The second-order valence-electron chi connectivity index (χ2n) is 6.97. The number of carbonyl (C=O) groups excluding carboxylic acids is 1. The summed E-state index contributed by atoms with van der Waals surface area (Å²) in [7, 11) is 0. The Kier molecular flexibility index (Phi) is 6.46. The van der Waals surface area contributed by atoms with E-state index in [1.54, 1.807) is 0 Å². The molecule has 0 atom stereocenters. The third kappa shape index (κ3) is 6.22. The molecule has 2 rings (SSSR count). The van der Waals surface area contributed by atoms with Gasteiger partial charge >= 0.3 is 5.97 Å². The molecule has 23 heavy (non-hydrogen) atoms. The van der Waals surface area contributed by atoms with Gasteiger partial charge < -0.3 is 14.8 Å². The fraction of sp³-hybridized carbons (Fsp3) is 0.632. The lowest BCUT2D eigenvalue weighted by atomic mass is 9.86. The molecule has 1 aliphatic rings. The van der Waals surface area contributed by atoms with Crippen LogP contribution in [0.4, 0.5) is 0 Å². The average molecular weight is 319 g/mol. The summed E-state index contributed by atoms with van der Waals surface area (Å²) >= 11 is 0. The number of rotatable bonds is 9. The van der Waals surface area contributed by atoms with E-state index in [0.717, 1.165) is 24.8 Å². The topological polar surface area (TPSA) is 47.6 Å². The van der Waals surface area contributed by atoms with E-state index in [1.807, 2.05) is 32.9 Å². The fourth-order valence-corrected chi connectivity index (χ4v) is 2.55. The molecule has 0 spiro atoms. The van der Waals surface area contributed by atoms with Gasteiger partial charge in [0.1, 0.15) is 5.75 Å². The highest BCUT2D eigenvalue weighted by Crippen LogP contribution is 2.27. The third-order valence-electron chi connectivity index (χ3n) is 4.30. The molecule has 1 fully saturated rings. The molecule has 0 aromatic heterocycles. The quantitative estimate of drug-likeness (QED) is 0.705. The maximum absolute atomic E-state index is 11.6. The second-order valence-corrected chi connectivity index (χ2v) is 6.97. The maximum Gasteiger partial charge on any atom is 0.307 e. The zero-order chi connectivity index (χ0) is 16.7. The monoisotopic (exact) mass is 319 g/mol. The highest BCUT2D eigenvalue weighted by molar-refractivity contribution is 5.70. The van der Waals surface area contributed by atoms with Crippen LogP contribution in [0.15, 0.2) is 24.3 Å². The minimum atomic E-state index is -0.286. The van der Waals surface area contributed by atoms with Crippen molar-refractivity contribution >= 4 is 5.97 Å². The predicted molar refractivity (Wildman–Crippen MR) is 91.4 cm³/mol. The largest absolute Gasteiger partial charge is 0.493 e. The molecule has 0 unspecified atom stereocenters. The fourth-order valence-electron chi connectivity index (χ4n) is 2.55. The second kappa shape index (κ2) is 8.34. The van der Waals surface area contributed by atoms with Crippen LogP contribution in [0.25, 0.3) is 0 Å². The Morgan fingerprint density at radius 3 is 2.52 bits per heavy atom. The molecule has 1 N–H and O–H groups in total. The lowest BCUT2D eigenvalue weighted by molar-refractivity contribution is -0.144. The number of hydrogen-bond donors (Lipinski definition) is 1. The molecule has 0 saturated heterocycles. The third-order valence-corrected chi connectivity index (χ3v) is 4.30. The van der Waals surface area contributed by atoms with Crippen LogP contribution in [0.1, 0.15) is 52.0 Å². The van der Waals surface area contributed by atoms with Crippen LogP contribution in [0.2, 0.25) is 0 Å². The van der Waals surface area contributed by atoms with Gasteiger partial charge in [-0.2, -0.15) is 0 Å². The highest BCUT2D eigenvalue weighted by atomic mass is 16.5. The molecule has 1 aromatic carbocycles. The first kappa shape index (κ1) is 17.8. The highest BCUT2D eigenvalue weighted by Gasteiger charge is 2.22. The molecule has 1 aromatic rings. The van der Waals surface area contributed by atoms with Crippen LogP contribution in [0.3, 0.4) is 0 Å². The molecule has 4 nitrogen and oxygen atoms in total. The van der Waals surface area contributed by atoms with Crippen molar-refractivity contribution in [2.75, 3.05) is 13.2 Å². The molecule has 1 saturated carbocycles. The Hall–Kier alpha value is -1.55. The molecule has 128 valence electrons. The minimum Gasteiger partial charge on any atom is -0.493 e. The van der Waals surface area contributed by atoms with Crippen LogP contribution in [0, 0.1) is 5.92 Å². The van der Waals surface area contributed by atoms with Crippen LogP contribution in [-0.4, -0.2) is 24.7 Å². The number of carbonyl (C=O) groups is 1. The average Bonchev–Trinajstić information content (AvgIpc) is 2.44. The van der Waals surface area contributed by atoms with Crippen molar-refractivity contribution in [1.82, 2.24) is 5.32 Å². The van der Waals surface area contributed by atoms with Gasteiger partial charge in [0.05, 0.1) is 19.6 Å². The Balaban J connectivity index is 1.74. The molecule has 0 heterocycles. The zero-order valence-corrected chi connectivity index (χ0v) is 14.6. The van der Waals surface area contributed by atoms with Gasteiger partial charge in [0.15, 0.2) is 0 Å². The lowest BCUT2D eigenvalue weighted by Gasteiger charge is -2.26. The number of benzene rings is 1. The van der Waals surface area contributed by atoms with Gasteiger partial charge in [-0.15, -0.1) is 0 Å². The van der Waals surface area contributed by atoms with Crippen LogP contribution < -0.4 is 10.1 Å². The zero-order valence-electron chi connectivity index (χ0n) is 14.6. The standard InChI is InChI=1S/C19H29NO3/c1-4-22-18(21)12-19(2,3)20-13-15-8-10-17(11-9-15)23-14-16-6-5-7-16/h8-11,16,20H,4-7,12-14H2,1-3H3. The Labute approximate surface area is 139 Å². The Morgan fingerprint density at radius 2 is 1.96 bits per heavy atom. The lowest BCUT2D eigenvalue weighted by Crippen LogP contribution is -2.41. The minimum absolute atomic E-state index is 0.162. The molecule has 4 heteroatoms. The summed E-state index contributed by atoms with van der Waals surface area (Å²) in [6.07, 6.45) is 4.32. The van der Waals surface area contributed by atoms with E-state index in [1.165, 1.54) is 24.8 Å². The summed E-state index contributed by atoms with van der Waals surface area (Å²) in [6, 6.07) is 8.19. The molecule has 0 amide bonds. The van der Waals surface area contributed by atoms with E-state index in [0.29, 0.717) is 13.0 Å². The number of esters is 1. The smallest absolute Gasteiger partial charge is 0.307 e. The van der Waals surface area contributed by atoms with Crippen molar-refractivity contribution in [3.8, 4) is 5.75 Å². The Morgan fingerprint density at radius 1 is 1.26 bits per heavy atom. The van der Waals surface area contributed by atoms with Crippen molar-refractivity contribution in [2.45, 2.75) is 58.5 Å². The van der Waals surface area contributed by atoms with Crippen molar-refractivity contribution in [1.29, 1.82) is 0 Å². The molecular weight excluding hydrogens is 290 g/mol. The Bertz CT molecular complexity index is 492. The molecule has 1 aliphatic carbocycles. The maximum atomic E-state index is 11.6. The summed E-state index contributed by atoms with van der Waals surface area (Å²) in [4.78, 5) is 11.6. The van der Waals surface area contributed by atoms with Gasteiger partial charge in [-0.3, -0.25) is 4.79 Å². The van der Waals surface area contributed by atoms with Gasteiger partial charge in [0, 0.05) is 12.1 Å². The molecular formula is C19H29NO3. The van der Waals surface area contributed by atoms with Gasteiger partial charge in [-0.25, -0.2) is 0 Å². The first-order valence-corrected chi connectivity index (χ1v) is 8.61. The van der Waals surface area contributed by atoms with Crippen LogP contribution >= 0.6 is 0 Å². The van der Waals surface area contributed by atoms with E-state index >= 15 is 0 Å². The summed E-state index contributed by atoms with van der Waals surface area (Å²) in [5.41, 5.74) is 0.893. The van der Waals surface area contributed by atoms with E-state index < -0.39 is 0 Å². The normalized spacial score (nSPS) is 15.1. The van der Waals surface area contributed by atoms with Gasteiger partial charge in [0.2, 0.25) is 0 Å². The SMILES string of the molecule is CCOC(=O)CC(C)(C)NCc1ccc(OCC2CCC2)cc1. The number of nitrogens with one attached hydrogen (secondary N) is 1.